The monoisotopic (exact) mass is 188 g/mol. The molecule has 14 heavy (non-hydrogen) atoms. The van der Waals surface area contributed by atoms with Crippen molar-refractivity contribution in [2.75, 3.05) is 13.6 Å². The van der Waals surface area contributed by atoms with Crippen LogP contribution >= 0.6 is 0 Å². The molecule has 0 fully saturated rings. The summed E-state index contributed by atoms with van der Waals surface area (Å²) in [6, 6.07) is 3.96. The first-order valence-corrected chi connectivity index (χ1v) is 4.83. The average Bonchev–Trinajstić information content (AvgIpc) is 2.54. The van der Waals surface area contributed by atoms with Crippen molar-refractivity contribution in [3.05, 3.63) is 24.2 Å². The first kappa shape index (κ1) is 7.94. The van der Waals surface area contributed by atoms with Crippen molar-refractivity contribution >= 4 is 11.2 Å². The van der Waals surface area contributed by atoms with Crippen LogP contribution in [0.4, 0.5) is 0 Å². The van der Waals surface area contributed by atoms with Gasteiger partial charge < -0.3 is 4.57 Å². The third kappa shape index (κ3) is 1.04. The molecule has 0 aliphatic carbocycles. The molecule has 0 radical (unpaired) electrons. The highest BCUT2D eigenvalue weighted by Crippen LogP contribution is 2.17. The van der Waals surface area contributed by atoms with Crippen molar-refractivity contribution in [2.45, 2.75) is 13.1 Å². The van der Waals surface area contributed by atoms with E-state index in [9.17, 15) is 0 Å². The second-order valence-corrected chi connectivity index (χ2v) is 3.76. The first-order chi connectivity index (χ1) is 6.84. The number of hydrogen-bond donors (Lipinski definition) is 0. The van der Waals surface area contributed by atoms with E-state index < -0.39 is 0 Å². The Morgan fingerprint density at radius 2 is 2.29 bits per heavy atom. The van der Waals surface area contributed by atoms with Crippen LogP contribution in [0.15, 0.2) is 18.3 Å². The summed E-state index contributed by atoms with van der Waals surface area (Å²) in [5, 5.41) is 0. The van der Waals surface area contributed by atoms with Crippen LogP contribution in [0, 0.1) is 0 Å². The molecule has 1 aliphatic rings. The summed E-state index contributed by atoms with van der Waals surface area (Å²) >= 11 is 0. The Morgan fingerprint density at radius 3 is 3.21 bits per heavy atom. The molecule has 0 amide bonds. The van der Waals surface area contributed by atoms with Gasteiger partial charge in [0.25, 0.3) is 0 Å². The lowest BCUT2D eigenvalue weighted by atomic mass is 10.4. The van der Waals surface area contributed by atoms with Crippen LogP contribution in [0.3, 0.4) is 0 Å². The Bertz CT molecular complexity index is 474. The summed E-state index contributed by atoms with van der Waals surface area (Å²) in [5.41, 5.74) is 2.04. The van der Waals surface area contributed by atoms with Gasteiger partial charge in [-0.1, -0.05) is 0 Å². The maximum absolute atomic E-state index is 4.56. The quantitative estimate of drug-likeness (QED) is 0.615. The fourth-order valence-electron chi connectivity index (χ4n) is 1.95. The van der Waals surface area contributed by atoms with Gasteiger partial charge in [-0.25, -0.2) is 9.97 Å². The molecule has 0 saturated carbocycles. The molecule has 1 aliphatic heterocycles. The van der Waals surface area contributed by atoms with E-state index in [1.54, 1.807) is 0 Å². The van der Waals surface area contributed by atoms with Crippen LogP contribution in [0.5, 0.6) is 0 Å². The Balaban J connectivity index is 2.24. The molecular weight excluding hydrogens is 176 g/mol. The maximum atomic E-state index is 4.56. The summed E-state index contributed by atoms with van der Waals surface area (Å²) in [4.78, 5) is 11.2. The summed E-state index contributed by atoms with van der Waals surface area (Å²) < 4.78 is 2.22. The molecule has 3 rings (SSSR count). The molecule has 0 spiro atoms. The highest BCUT2D eigenvalue weighted by Gasteiger charge is 2.17. The van der Waals surface area contributed by atoms with E-state index in [-0.39, 0.29) is 0 Å². The predicted molar refractivity (Wildman–Crippen MR) is 53.9 cm³/mol. The number of fused-ring (bicyclic) bond motifs is 3. The maximum Gasteiger partial charge on any atom is 0.160 e. The van der Waals surface area contributed by atoms with Gasteiger partial charge in [0.05, 0.1) is 6.54 Å². The standard InChI is InChI=1S/C10H12N4/c1-13-5-6-14-9(7-13)12-8-3-2-4-11-10(8)14/h2-4H,5-7H2,1H3. The fourth-order valence-corrected chi connectivity index (χ4v) is 1.95. The highest BCUT2D eigenvalue weighted by molar-refractivity contribution is 5.71. The van der Waals surface area contributed by atoms with Crippen molar-refractivity contribution in [3.8, 4) is 0 Å². The zero-order chi connectivity index (χ0) is 9.54. The Labute approximate surface area is 82.2 Å². The number of pyridine rings is 1. The topological polar surface area (TPSA) is 34.0 Å². The van der Waals surface area contributed by atoms with Crippen LogP contribution in [0.2, 0.25) is 0 Å². The molecule has 0 bridgehead atoms. The van der Waals surface area contributed by atoms with Crippen molar-refractivity contribution in [1.82, 2.24) is 19.4 Å². The number of nitrogens with zero attached hydrogens (tertiary/aromatic N) is 4. The molecule has 4 nitrogen and oxygen atoms in total. The molecule has 72 valence electrons. The van der Waals surface area contributed by atoms with Gasteiger partial charge in [-0.05, 0) is 19.2 Å². The minimum atomic E-state index is 0.927. The van der Waals surface area contributed by atoms with E-state index in [2.05, 4.69) is 26.5 Å². The largest absolute Gasteiger partial charge is 0.310 e. The summed E-state index contributed by atoms with van der Waals surface area (Å²) in [5.74, 6) is 1.13. The Morgan fingerprint density at radius 1 is 1.36 bits per heavy atom. The molecule has 2 aromatic heterocycles. The average molecular weight is 188 g/mol. The van der Waals surface area contributed by atoms with Crippen molar-refractivity contribution < 1.29 is 0 Å². The van der Waals surface area contributed by atoms with Crippen LogP contribution < -0.4 is 0 Å². The number of rotatable bonds is 0. The zero-order valence-corrected chi connectivity index (χ0v) is 8.14. The predicted octanol–water partition coefficient (Wildman–Crippen LogP) is 0.877. The van der Waals surface area contributed by atoms with Gasteiger partial charge in [0.1, 0.15) is 11.3 Å². The molecule has 0 unspecified atom stereocenters. The Hall–Kier alpha value is -1.42. The summed E-state index contributed by atoms with van der Waals surface area (Å²) in [6.45, 7) is 3.00. The van der Waals surface area contributed by atoms with Gasteiger partial charge >= 0.3 is 0 Å². The number of hydrogen-bond acceptors (Lipinski definition) is 3. The number of likely N-dealkylation sites (N-methyl/N-ethyl adjacent to an activating group) is 1. The minimum Gasteiger partial charge on any atom is -0.310 e. The lowest BCUT2D eigenvalue weighted by molar-refractivity contribution is 0.267. The number of imidazole rings is 1. The lowest BCUT2D eigenvalue weighted by Crippen LogP contribution is -2.30. The highest BCUT2D eigenvalue weighted by atomic mass is 15.2. The van der Waals surface area contributed by atoms with Crippen LogP contribution in [0.25, 0.3) is 11.2 Å². The second kappa shape index (κ2) is 2.78. The van der Waals surface area contributed by atoms with Crippen LogP contribution in [0.1, 0.15) is 5.82 Å². The third-order valence-electron chi connectivity index (χ3n) is 2.70. The summed E-state index contributed by atoms with van der Waals surface area (Å²) in [6.07, 6.45) is 1.83. The molecule has 2 aromatic rings. The van der Waals surface area contributed by atoms with Gasteiger partial charge in [0.2, 0.25) is 0 Å². The van der Waals surface area contributed by atoms with Crippen LogP contribution in [-0.2, 0) is 13.1 Å². The lowest BCUT2D eigenvalue weighted by Gasteiger charge is -2.23. The third-order valence-corrected chi connectivity index (χ3v) is 2.70. The van der Waals surface area contributed by atoms with Crippen molar-refractivity contribution in [1.29, 1.82) is 0 Å². The summed E-state index contributed by atoms with van der Waals surface area (Å²) in [7, 11) is 2.12. The minimum absolute atomic E-state index is 0.927. The Kier molecular flexibility index (Phi) is 1.58. The molecule has 3 heterocycles. The van der Waals surface area contributed by atoms with E-state index in [1.165, 1.54) is 0 Å². The normalized spacial score (nSPS) is 17.2. The van der Waals surface area contributed by atoms with E-state index in [0.717, 1.165) is 36.6 Å². The van der Waals surface area contributed by atoms with Crippen LogP contribution in [-0.4, -0.2) is 33.0 Å². The second-order valence-electron chi connectivity index (χ2n) is 3.76. The SMILES string of the molecule is CN1CCn2c(nc3cccnc32)C1. The fraction of sp³-hybridized carbons (Fsp3) is 0.400. The van der Waals surface area contributed by atoms with E-state index >= 15 is 0 Å². The van der Waals surface area contributed by atoms with E-state index in [0.29, 0.717) is 0 Å². The van der Waals surface area contributed by atoms with E-state index in [1.807, 2.05) is 18.3 Å². The molecule has 0 atom stereocenters. The first-order valence-electron chi connectivity index (χ1n) is 4.83. The van der Waals surface area contributed by atoms with Gasteiger partial charge in [0, 0.05) is 19.3 Å². The molecule has 0 aromatic carbocycles. The van der Waals surface area contributed by atoms with Gasteiger partial charge in [-0.2, -0.15) is 0 Å². The molecular formula is C10H12N4. The van der Waals surface area contributed by atoms with E-state index in [4.69, 9.17) is 0 Å². The zero-order valence-electron chi connectivity index (χ0n) is 8.14. The van der Waals surface area contributed by atoms with Gasteiger partial charge in [-0.3, -0.25) is 4.90 Å². The van der Waals surface area contributed by atoms with Gasteiger partial charge in [0.15, 0.2) is 5.65 Å². The smallest absolute Gasteiger partial charge is 0.160 e. The van der Waals surface area contributed by atoms with Gasteiger partial charge in [-0.15, -0.1) is 0 Å². The molecule has 0 saturated heterocycles. The van der Waals surface area contributed by atoms with Crippen molar-refractivity contribution in [2.24, 2.45) is 0 Å². The molecule has 4 heteroatoms. The number of aromatic nitrogens is 3. The van der Waals surface area contributed by atoms with Crippen molar-refractivity contribution in [3.63, 3.8) is 0 Å². The molecule has 0 N–H and O–H groups in total.